The maximum atomic E-state index is 12.4. The summed E-state index contributed by atoms with van der Waals surface area (Å²) < 4.78 is 5.52. The third kappa shape index (κ3) is 3.70. The Morgan fingerprint density at radius 3 is 2.60 bits per heavy atom. The Kier molecular flexibility index (Phi) is 4.99. The second-order valence-electron chi connectivity index (χ2n) is 5.95. The van der Waals surface area contributed by atoms with Gasteiger partial charge in [-0.2, -0.15) is 0 Å². The molecule has 1 saturated heterocycles. The van der Waals surface area contributed by atoms with E-state index in [2.05, 4.69) is 5.32 Å². The van der Waals surface area contributed by atoms with Crippen LogP contribution in [0.4, 0.5) is 0 Å². The van der Waals surface area contributed by atoms with Crippen molar-refractivity contribution in [1.82, 2.24) is 15.1 Å². The largest absolute Gasteiger partial charge is 0.378 e. The van der Waals surface area contributed by atoms with Crippen LogP contribution in [0, 0.1) is 5.92 Å². The van der Waals surface area contributed by atoms with E-state index >= 15 is 0 Å². The summed E-state index contributed by atoms with van der Waals surface area (Å²) in [7, 11) is 3.98. The molecule has 0 aromatic rings. The minimum atomic E-state index is -0.394. The van der Waals surface area contributed by atoms with Crippen LogP contribution in [-0.2, 0) is 14.3 Å². The topological polar surface area (TPSA) is 61.9 Å². The van der Waals surface area contributed by atoms with Crippen molar-refractivity contribution >= 4 is 11.8 Å². The first-order valence-electron chi connectivity index (χ1n) is 7.34. The number of ether oxygens (including phenoxy) is 1. The molecule has 2 fully saturated rings. The number of carbonyl (C=O) groups excluding carboxylic acids is 2. The van der Waals surface area contributed by atoms with Crippen molar-refractivity contribution in [3.63, 3.8) is 0 Å². The van der Waals surface area contributed by atoms with E-state index in [1.807, 2.05) is 19.0 Å². The van der Waals surface area contributed by atoms with Gasteiger partial charge in [0, 0.05) is 13.1 Å². The Balaban J connectivity index is 1.81. The Morgan fingerprint density at radius 1 is 1.30 bits per heavy atom. The summed E-state index contributed by atoms with van der Waals surface area (Å²) in [5.41, 5.74) is 0. The van der Waals surface area contributed by atoms with Gasteiger partial charge in [0.05, 0.1) is 13.2 Å². The second kappa shape index (κ2) is 6.54. The van der Waals surface area contributed by atoms with Crippen LogP contribution in [-0.4, -0.2) is 74.1 Å². The lowest BCUT2D eigenvalue weighted by Gasteiger charge is -2.37. The number of hydrogen-bond acceptors (Lipinski definition) is 4. The minimum Gasteiger partial charge on any atom is -0.378 e. The monoisotopic (exact) mass is 283 g/mol. The molecule has 2 atom stereocenters. The lowest BCUT2D eigenvalue weighted by molar-refractivity contribution is -0.150. The smallest absolute Gasteiger partial charge is 0.246 e. The molecule has 2 aliphatic rings. The van der Waals surface area contributed by atoms with Gasteiger partial charge in [0.15, 0.2) is 0 Å². The molecule has 0 bridgehead atoms. The van der Waals surface area contributed by atoms with Crippen LogP contribution in [0.15, 0.2) is 0 Å². The summed E-state index contributed by atoms with van der Waals surface area (Å²) in [6.45, 7) is 4.24. The summed E-state index contributed by atoms with van der Waals surface area (Å²) in [4.78, 5) is 28.0. The fourth-order valence-electron chi connectivity index (χ4n) is 2.41. The zero-order valence-corrected chi connectivity index (χ0v) is 12.6. The summed E-state index contributed by atoms with van der Waals surface area (Å²) in [6, 6.07) is -0.699. The van der Waals surface area contributed by atoms with Crippen molar-refractivity contribution in [2.24, 2.45) is 5.92 Å². The molecule has 0 radical (unpaired) electrons. The van der Waals surface area contributed by atoms with Gasteiger partial charge < -0.3 is 19.9 Å². The van der Waals surface area contributed by atoms with Crippen molar-refractivity contribution < 1.29 is 14.3 Å². The fraction of sp³-hybridized carbons (Fsp3) is 0.857. The number of hydrogen-bond donors (Lipinski definition) is 1. The van der Waals surface area contributed by atoms with Crippen LogP contribution in [0.1, 0.15) is 19.8 Å². The summed E-state index contributed by atoms with van der Waals surface area (Å²) in [6.07, 6.45) is 2.08. The van der Waals surface area contributed by atoms with Gasteiger partial charge in [-0.15, -0.1) is 0 Å². The van der Waals surface area contributed by atoms with Crippen LogP contribution in [0.3, 0.4) is 0 Å². The SMILES string of the molecule is CC1C(=O)NC(C2CC2)C(=O)N1CCOCCN(C)C. The van der Waals surface area contributed by atoms with Gasteiger partial charge >= 0.3 is 0 Å². The number of amides is 2. The van der Waals surface area contributed by atoms with E-state index in [0.717, 1.165) is 19.4 Å². The number of nitrogens with zero attached hydrogens (tertiary/aromatic N) is 2. The van der Waals surface area contributed by atoms with Gasteiger partial charge in [0.25, 0.3) is 0 Å². The highest BCUT2D eigenvalue weighted by atomic mass is 16.5. The molecule has 1 aliphatic carbocycles. The van der Waals surface area contributed by atoms with Crippen LogP contribution < -0.4 is 5.32 Å². The van der Waals surface area contributed by atoms with E-state index in [1.165, 1.54) is 0 Å². The number of carbonyl (C=O) groups is 2. The summed E-state index contributed by atoms with van der Waals surface area (Å²) in [5.74, 6) is 0.349. The molecule has 0 aromatic heterocycles. The normalized spacial score (nSPS) is 27.1. The van der Waals surface area contributed by atoms with E-state index in [0.29, 0.717) is 25.7 Å². The van der Waals surface area contributed by atoms with Gasteiger partial charge in [-0.1, -0.05) is 0 Å². The predicted octanol–water partition coefficient (Wildman–Crippen LogP) is -0.310. The van der Waals surface area contributed by atoms with Crippen molar-refractivity contribution in [3.05, 3.63) is 0 Å². The third-order valence-electron chi connectivity index (χ3n) is 3.95. The van der Waals surface area contributed by atoms with Crippen molar-refractivity contribution in [1.29, 1.82) is 0 Å². The van der Waals surface area contributed by atoms with E-state index in [9.17, 15) is 9.59 Å². The average molecular weight is 283 g/mol. The molecule has 0 spiro atoms. The zero-order chi connectivity index (χ0) is 14.7. The lowest BCUT2D eigenvalue weighted by atomic mass is 10.0. The molecular weight excluding hydrogens is 258 g/mol. The molecule has 1 heterocycles. The standard InChI is InChI=1S/C14H25N3O3/c1-10-13(18)15-12(11-4-5-11)14(19)17(10)7-9-20-8-6-16(2)3/h10-12H,4-9H2,1-3H3,(H,15,18). The summed E-state index contributed by atoms with van der Waals surface area (Å²) in [5, 5.41) is 2.85. The molecular formula is C14H25N3O3. The number of nitrogens with one attached hydrogen (secondary N) is 1. The van der Waals surface area contributed by atoms with Gasteiger partial charge in [0.1, 0.15) is 12.1 Å². The van der Waals surface area contributed by atoms with Crippen molar-refractivity contribution in [3.8, 4) is 0 Å². The quantitative estimate of drug-likeness (QED) is 0.651. The van der Waals surface area contributed by atoms with Crippen LogP contribution in [0.2, 0.25) is 0 Å². The van der Waals surface area contributed by atoms with Crippen LogP contribution >= 0.6 is 0 Å². The van der Waals surface area contributed by atoms with Gasteiger partial charge in [-0.3, -0.25) is 9.59 Å². The first-order valence-corrected chi connectivity index (χ1v) is 7.34. The molecule has 1 aliphatic heterocycles. The molecule has 1 N–H and O–H groups in total. The second-order valence-corrected chi connectivity index (χ2v) is 5.95. The molecule has 20 heavy (non-hydrogen) atoms. The highest BCUT2D eigenvalue weighted by Gasteiger charge is 2.45. The maximum absolute atomic E-state index is 12.4. The molecule has 6 nitrogen and oxygen atoms in total. The molecule has 2 rings (SSSR count). The Hall–Kier alpha value is -1.14. The van der Waals surface area contributed by atoms with Gasteiger partial charge in [-0.05, 0) is 39.8 Å². The van der Waals surface area contributed by atoms with E-state index in [1.54, 1.807) is 11.8 Å². The first-order chi connectivity index (χ1) is 9.50. The summed E-state index contributed by atoms with van der Waals surface area (Å²) >= 11 is 0. The predicted molar refractivity (Wildman–Crippen MR) is 75.2 cm³/mol. The average Bonchev–Trinajstić information content (AvgIpc) is 3.21. The first kappa shape index (κ1) is 15.3. The number of rotatable bonds is 7. The highest BCUT2D eigenvalue weighted by molar-refractivity contribution is 5.97. The Morgan fingerprint density at radius 2 is 2.00 bits per heavy atom. The molecule has 0 aromatic carbocycles. The van der Waals surface area contributed by atoms with E-state index < -0.39 is 6.04 Å². The Labute approximate surface area is 120 Å². The lowest BCUT2D eigenvalue weighted by Crippen LogP contribution is -2.63. The number of likely N-dealkylation sites (N-methyl/N-ethyl adjacent to an activating group) is 1. The molecule has 2 amide bonds. The highest BCUT2D eigenvalue weighted by Crippen LogP contribution is 2.34. The molecule has 6 heteroatoms. The van der Waals surface area contributed by atoms with E-state index in [-0.39, 0.29) is 17.9 Å². The third-order valence-corrected chi connectivity index (χ3v) is 3.95. The molecule has 114 valence electrons. The van der Waals surface area contributed by atoms with Gasteiger partial charge in [0.2, 0.25) is 11.8 Å². The van der Waals surface area contributed by atoms with Crippen molar-refractivity contribution in [2.75, 3.05) is 40.4 Å². The molecule has 1 saturated carbocycles. The maximum Gasteiger partial charge on any atom is 0.246 e. The Bertz CT molecular complexity index is 369. The number of piperazine rings is 1. The minimum absolute atomic E-state index is 0.0465. The molecule has 2 unspecified atom stereocenters. The van der Waals surface area contributed by atoms with Crippen LogP contribution in [0.25, 0.3) is 0 Å². The van der Waals surface area contributed by atoms with Crippen LogP contribution in [0.5, 0.6) is 0 Å². The van der Waals surface area contributed by atoms with Gasteiger partial charge in [-0.25, -0.2) is 0 Å². The van der Waals surface area contributed by atoms with Crippen molar-refractivity contribution in [2.45, 2.75) is 31.8 Å². The fourth-order valence-corrected chi connectivity index (χ4v) is 2.41. The zero-order valence-electron chi connectivity index (χ0n) is 12.6. The van der Waals surface area contributed by atoms with E-state index in [4.69, 9.17) is 4.74 Å².